The van der Waals surface area contributed by atoms with Gasteiger partial charge in [0.25, 0.3) is 5.69 Å². The number of pyridine rings is 1. The molecule has 0 amide bonds. The van der Waals surface area contributed by atoms with Gasteiger partial charge >= 0.3 is 0 Å². The topological polar surface area (TPSA) is 105 Å². The van der Waals surface area contributed by atoms with E-state index in [1.165, 1.54) is 23.5 Å². The molecule has 0 atom stereocenters. The number of hydrogen-bond donors (Lipinski definition) is 1. The van der Waals surface area contributed by atoms with Crippen molar-refractivity contribution >= 4 is 39.2 Å². The molecule has 4 rings (SSSR count). The molecular weight excluding hydrogens is 386 g/mol. The van der Waals surface area contributed by atoms with E-state index in [4.69, 9.17) is 0 Å². The first-order valence-electron chi connectivity index (χ1n) is 8.56. The molecule has 0 fully saturated rings. The van der Waals surface area contributed by atoms with Gasteiger partial charge in [0.2, 0.25) is 0 Å². The maximum absolute atomic E-state index is 10.8. The first kappa shape index (κ1) is 18.3. The normalized spacial score (nSPS) is 11.2. The molecule has 4 aromatic rings. The van der Waals surface area contributed by atoms with Crippen LogP contribution in [0.4, 0.5) is 11.4 Å². The molecule has 0 radical (unpaired) electrons. The predicted molar refractivity (Wildman–Crippen MR) is 113 cm³/mol. The zero-order chi connectivity index (χ0) is 20.2. The molecule has 0 aliphatic rings. The molecule has 140 valence electrons. The maximum atomic E-state index is 10.8. The fourth-order valence-electron chi connectivity index (χ4n) is 2.75. The van der Waals surface area contributed by atoms with Crippen LogP contribution >= 0.6 is 11.3 Å². The van der Waals surface area contributed by atoms with E-state index in [1.54, 1.807) is 24.5 Å². The van der Waals surface area contributed by atoms with Crippen molar-refractivity contribution in [2.24, 2.45) is 0 Å². The highest BCUT2D eigenvalue weighted by Crippen LogP contribution is 2.27. The van der Waals surface area contributed by atoms with Crippen LogP contribution in [0.3, 0.4) is 0 Å². The summed E-state index contributed by atoms with van der Waals surface area (Å²) in [6, 6.07) is 17.9. The summed E-state index contributed by atoms with van der Waals surface area (Å²) >= 11 is 1.34. The average Bonchev–Trinajstić information content (AvgIpc) is 3.24. The van der Waals surface area contributed by atoms with Crippen molar-refractivity contribution in [3.8, 4) is 17.3 Å². The van der Waals surface area contributed by atoms with Crippen molar-refractivity contribution in [3.63, 3.8) is 0 Å². The second-order valence-electron chi connectivity index (χ2n) is 6.07. The molecule has 29 heavy (non-hydrogen) atoms. The van der Waals surface area contributed by atoms with Crippen LogP contribution in [-0.4, -0.2) is 14.9 Å². The Balaban J connectivity index is 1.56. The van der Waals surface area contributed by atoms with Gasteiger partial charge < -0.3 is 5.32 Å². The van der Waals surface area contributed by atoms with Crippen molar-refractivity contribution in [2.45, 2.75) is 0 Å². The Hall–Kier alpha value is -4.09. The van der Waals surface area contributed by atoms with Gasteiger partial charge in [-0.2, -0.15) is 5.26 Å². The molecule has 2 heterocycles. The third-order valence-electron chi connectivity index (χ3n) is 4.22. The van der Waals surface area contributed by atoms with Gasteiger partial charge in [-0.05, 0) is 36.4 Å². The van der Waals surface area contributed by atoms with E-state index >= 15 is 0 Å². The highest BCUT2D eigenvalue weighted by atomic mass is 32.1. The molecule has 0 aliphatic carbocycles. The molecule has 2 aromatic heterocycles. The molecule has 0 aliphatic heterocycles. The Morgan fingerprint density at radius 3 is 2.79 bits per heavy atom. The molecule has 0 unspecified atom stereocenters. The van der Waals surface area contributed by atoms with E-state index in [9.17, 15) is 15.4 Å². The Labute approximate surface area is 169 Å². The lowest BCUT2D eigenvalue weighted by molar-refractivity contribution is -0.384. The molecule has 0 spiro atoms. The quantitative estimate of drug-likeness (QED) is 0.279. The number of thiazole rings is 1. The van der Waals surface area contributed by atoms with Crippen LogP contribution in [0.15, 0.2) is 72.4 Å². The Morgan fingerprint density at radius 2 is 2.03 bits per heavy atom. The molecule has 1 N–H and O–H groups in total. The van der Waals surface area contributed by atoms with Gasteiger partial charge in [0.15, 0.2) is 0 Å². The number of allylic oxidation sites excluding steroid dienone is 1. The number of nitrogens with zero attached hydrogens (tertiary/aromatic N) is 4. The van der Waals surface area contributed by atoms with Crippen molar-refractivity contribution in [3.05, 3.63) is 87.5 Å². The predicted octanol–water partition coefficient (Wildman–Crippen LogP) is 5.24. The fourth-order valence-corrected chi connectivity index (χ4v) is 3.54. The lowest BCUT2D eigenvalue weighted by atomic mass is 10.1. The van der Waals surface area contributed by atoms with E-state index in [2.05, 4.69) is 21.4 Å². The van der Waals surface area contributed by atoms with Gasteiger partial charge in [-0.1, -0.05) is 6.07 Å². The molecule has 0 saturated heterocycles. The number of benzene rings is 2. The van der Waals surface area contributed by atoms with E-state index < -0.39 is 4.92 Å². The third kappa shape index (κ3) is 3.95. The van der Waals surface area contributed by atoms with E-state index in [1.807, 2.05) is 35.7 Å². The summed E-state index contributed by atoms with van der Waals surface area (Å²) in [6.45, 7) is 0. The lowest BCUT2D eigenvalue weighted by Gasteiger charge is -2.03. The fraction of sp³-hybridized carbons (Fsp3) is 0. The molecule has 0 bridgehead atoms. The van der Waals surface area contributed by atoms with Gasteiger partial charge in [0.1, 0.15) is 16.6 Å². The summed E-state index contributed by atoms with van der Waals surface area (Å²) in [5.74, 6) is 0. The largest absolute Gasteiger partial charge is 0.360 e. The number of anilines is 1. The third-order valence-corrected chi connectivity index (χ3v) is 5.09. The minimum absolute atomic E-state index is 0.0246. The molecule has 0 saturated carbocycles. The van der Waals surface area contributed by atoms with Crippen LogP contribution in [0.2, 0.25) is 0 Å². The lowest BCUT2D eigenvalue weighted by Crippen LogP contribution is -1.91. The van der Waals surface area contributed by atoms with Gasteiger partial charge in [0.05, 0.1) is 16.1 Å². The zero-order valence-corrected chi connectivity index (χ0v) is 15.8. The number of nitro benzene ring substituents is 1. The minimum Gasteiger partial charge on any atom is -0.360 e. The number of non-ortho nitro benzene ring substituents is 1. The smallest absolute Gasteiger partial charge is 0.269 e. The van der Waals surface area contributed by atoms with Crippen molar-refractivity contribution in [1.82, 2.24) is 9.97 Å². The first-order valence-corrected chi connectivity index (χ1v) is 9.44. The van der Waals surface area contributed by atoms with Crippen LogP contribution in [0.25, 0.3) is 27.7 Å². The SMILES string of the molecule is N#C/C(=C\Nc1ccc2ncccc2c1)c1nc(-c2ccc([N+](=O)[O-])cc2)cs1. The number of rotatable bonds is 5. The number of fused-ring (bicyclic) bond motifs is 1. The Kier molecular flexibility index (Phi) is 4.97. The van der Waals surface area contributed by atoms with Crippen molar-refractivity contribution < 1.29 is 4.92 Å². The molecule has 2 aromatic carbocycles. The number of hydrogen-bond acceptors (Lipinski definition) is 7. The summed E-state index contributed by atoms with van der Waals surface area (Å²) < 4.78 is 0. The number of aromatic nitrogens is 2. The standard InChI is InChI=1S/C21H13N5O2S/c22-11-16(12-24-17-5-8-19-15(10-17)2-1-9-23-19)21-25-20(13-29-21)14-3-6-18(7-4-14)26(27)28/h1-10,12-13,24H/b16-12+. The van der Waals surface area contributed by atoms with Gasteiger partial charge in [-0.15, -0.1) is 11.3 Å². The van der Waals surface area contributed by atoms with Crippen molar-refractivity contribution in [2.75, 3.05) is 5.32 Å². The number of nitro groups is 1. The van der Waals surface area contributed by atoms with Crippen LogP contribution in [-0.2, 0) is 0 Å². The number of nitrogens with one attached hydrogen (secondary N) is 1. The number of nitriles is 1. The van der Waals surface area contributed by atoms with Gasteiger partial charge in [-0.3, -0.25) is 15.1 Å². The van der Waals surface area contributed by atoms with Crippen LogP contribution in [0.5, 0.6) is 0 Å². The van der Waals surface area contributed by atoms with E-state index in [-0.39, 0.29) is 5.69 Å². The van der Waals surface area contributed by atoms with E-state index in [0.29, 0.717) is 16.3 Å². The average molecular weight is 399 g/mol. The molecule has 8 heteroatoms. The maximum Gasteiger partial charge on any atom is 0.269 e. The summed E-state index contributed by atoms with van der Waals surface area (Å²) in [5, 5.41) is 26.8. The van der Waals surface area contributed by atoms with Gasteiger partial charge in [-0.25, -0.2) is 4.98 Å². The first-order chi connectivity index (χ1) is 14.1. The molecular formula is C21H13N5O2S. The Morgan fingerprint density at radius 1 is 1.21 bits per heavy atom. The Bertz CT molecular complexity index is 1270. The summed E-state index contributed by atoms with van der Waals surface area (Å²) in [5.41, 5.74) is 3.58. The molecule has 7 nitrogen and oxygen atoms in total. The summed E-state index contributed by atoms with van der Waals surface area (Å²) in [4.78, 5) is 19.1. The second kappa shape index (κ2) is 7.88. The highest BCUT2D eigenvalue weighted by molar-refractivity contribution is 7.11. The minimum atomic E-state index is -0.443. The second-order valence-corrected chi connectivity index (χ2v) is 6.93. The monoisotopic (exact) mass is 399 g/mol. The van der Waals surface area contributed by atoms with E-state index in [0.717, 1.165) is 22.2 Å². The highest BCUT2D eigenvalue weighted by Gasteiger charge is 2.11. The summed E-state index contributed by atoms with van der Waals surface area (Å²) in [7, 11) is 0. The van der Waals surface area contributed by atoms with Crippen LogP contribution in [0.1, 0.15) is 5.01 Å². The van der Waals surface area contributed by atoms with Gasteiger partial charge in [0, 0.05) is 46.5 Å². The van der Waals surface area contributed by atoms with Crippen LogP contribution < -0.4 is 5.32 Å². The zero-order valence-electron chi connectivity index (χ0n) is 14.9. The van der Waals surface area contributed by atoms with Crippen molar-refractivity contribution in [1.29, 1.82) is 5.26 Å². The van der Waals surface area contributed by atoms with Crippen LogP contribution in [0, 0.1) is 21.4 Å². The summed E-state index contributed by atoms with van der Waals surface area (Å²) in [6.07, 6.45) is 3.37.